The van der Waals surface area contributed by atoms with E-state index in [2.05, 4.69) is 10.3 Å². The number of rotatable bonds is 4. The maximum Gasteiger partial charge on any atom is 0.255 e. The molecule has 5 nitrogen and oxygen atoms in total. The summed E-state index contributed by atoms with van der Waals surface area (Å²) in [5.41, 5.74) is 2.95. The highest BCUT2D eigenvalue weighted by atomic mass is 35.5. The molecule has 6 heteroatoms. The SMILES string of the molecule is COc1cccc(C(=O)Nc2ccc(Cl)c(-c3ncc(C)n3C)c2)c1. The van der Waals surface area contributed by atoms with Gasteiger partial charge in [-0.2, -0.15) is 0 Å². The number of anilines is 1. The molecule has 0 fully saturated rings. The Labute approximate surface area is 151 Å². The third kappa shape index (κ3) is 3.51. The van der Waals surface area contributed by atoms with Crippen molar-refractivity contribution in [3.8, 4) is 17.1 Å². The number of nitrogens with zero attached hydrogens (tertiary/aromatic N) is 2. The Bertz CT molecular complexity index is 934. The molecule has 0 spiro atoms. The molecule has 0 saturated carbocycles. The molecule has 0 aliphatic carbocycles. The minimum absolute atomic E-state index is 0.219. The fourth-order valence-electron chi connectivity index (χ4n) is 2.49. The van der Waals surface area contributed by atoms with Crippen LogP contribution in [0.15, 0.2) is 48.7 Å². The highest BCUT2D eigenvalue weighted by molar-refractivity contribution is 6.33. The van der Waals surface area contributed by atoms with Crippen molar-refractivity contribution < 1.29 is 9.53 Å². The van der Waals surface area contributed by atoms with Crippen molar-refractivity contribution in [2.24, 2.45) is 7.05 Å². The lowest BCUT2D eigenvalue weighted by atomic mass is 10.1. The van der Waals surface area contributed by atoms with Crippen molar-refractivity contribution in [2.75, 3.05) is 12.4 Å². The van der Waals surface area contributed by atoms with Gasteiger partial charge in [0, 0.05) is 35.8 Å². The molecule has 1 N–H and O–H groups in total. The first kappa shape index (κ1) is 17.0. The van der Waals surface area contributed by atoms with Gasteiger partial charge in [0.2, 0.25) is 0 Å². The molecule has 1 heterocycles. The van der Waals surface area contributed by atoms with Crippen LogP contribution in [0.5, 0.6) is 5.75 Å². The lowest BCUT2D eigenvalue weighted by molar-refractivity contribution is 0.102. The molecule has 3 aromatic rings. The van der Waals surface area contributed by atoms with Gasteiger partial charge in [-0.1, -0.05) is 17.7 Å². The summed E-state index contributed by atoms with van der Waals surface area (Å²) < 4.78 is 7.11. The number of carbonyl (C=O) groups is 1. The quantitative estimate of drug-likeness (QED) is 0.758. The van der Waals surface area contributed by atoms with Crippen molar-refractivity contribution >= 4 is 23.2 Å². The van der Waals surface area contributed by atoms with Gasteiger partial charge in [-0.25, -0.2) is 4.98 Å². The van der Waals surface area contributed by atoms with Crippen LogP contribution in [0.1, 0.15) is 16.1 Å². The maximum atomic E-state index is 12.5. The Kier molecular flexibility index (Phi) is 4.76. The lowest BCUT2D eigenvalue weighted by Crippen LogP contribution is -2.12. The number of aryl methyl sites for hydroxylation is 1. The average molecular weight is 356 g/mol. The highest BCUT2D eigenvalue weighted by Crippen LogP contribution is 2.30. The average Bonchev–Trinajstić information content (AvgIpc) is 2.95. The Hall–Kier alpha value is -2.79. The molecule has 1 amide bonds. The van der Waals surface area contributed by atoms with E-state index in [0.29, 0.717) is 22.0 Å². The van der Waals surface area contributed by atoms with Gasteiger partial charge in [0.25, 0.3) is 5.91 Å². The molecule has 0 atom stereocenters. The maximum absolute atomic E-state index is 12.5. The monoisotopic (exact) mass is 355 g/mol. The van der Waals surface area contributed by atoms with Gasteiger partial charge in [0.15, 0.2) is 0 Å². The summed E-state index contributed by atoms with van der Waals surface area (Å²) >= 11 is 6.32. The molecule has 0 unspecified atom stereocenters. The number of aromatic nitrogens is 2. The summed E-state index contributed by atoms with van der Waals surface area (Å²) in [6, 6.07) is 12.3. The van der Waals surface area contributed by atoms with Crippen molar-refractivity contribution in [3.63, 3.8) is 0 Å². The Morgan fingerprint density at radius 3 is 2.72 bits per heavy atom. The van der Waals surface area contributed by atoms with Crippen LogP contribution in [0, 0.1) is 6.92 Å². The molecule has 128 valence electrons. The zero-order chi connectivity index (χ0) is 18.0. The number of carbonyl (C=O) groups excluding carboxylic acids is 1. The number of hydrogen-bond acceptors (Lipinski definition) is 3. The van der Waals surface area contributed by atoms with Gasteiger partial charge in [-0.15, -0.1) is 0 Å². The van der Waals surface area contributed by atoms with Crippen molar-refractivity contribution in [1.29, 1.82) is 0 Å². The number of benzene rings is 2. The number of ether oxygens (including phenoxy) is 1. The zero-order valence-corrected chi connectivity index (χ0v) is 15.0. The lowest BCUT2D eigenvalue weighted by Gasteiger charge is -2.10. The first-order chi connectivity index (χ1) is 12.0. The minimum Gasteiger partial charge on any atom is -0.497 e. The molecule has 0 saturated heterocycles. The van der Waals surface area contributed by atoms with E-state index in [1.54, 1.807) is 49.7 Å². The Balaban J connectivity index is 1.90. The van der Waals surface area contributed by atoms with E-state index in [4.69, 9.17) is 16.3 Å². The number of halogens is 1. The fourth-order valence-corrected chi connectivity index (χ4v) is 2.69. The Morgan fingerprint density at radius 1 is 1.24 bits per heavy atom. The molecular formula is C19H18ClN3O2. The predicted octanol–water partition coefficient (Wildman–Crippen LogP) is 4.31. The fraction of sp³-hybridized carbons (Fsp3) is 0.158. The molecule has 2 aromatic carbocycles. The number of methoxy groups -OCH3 is 1. The molecule has 0 aliphatic heterocycles. The second-order valence-corrected chi connectivity index (χ2v) is 6.07. The molecular weight excluding hydrogens is 338 g/mol. The molecule has 1 aromatic heterocycles. The highest BCUT2D eigenvalue weighted by Gasteiger charge is 2.13. The van der Waals surface area contributed by atoms with E-state index in [-0.39, 0.29) is 5.91 Å². The first-order valence-electron chi connectivity index (χ1n) is 7.73. The number of nitrogens with one attached hydrogen (secondary N) is 1. The van der Waals surface area contributed by atoms with Gasteiger partial charge in [0.05, 0.1) is 12.1 Å². The summed E-state index contributed by atoms with van der Waals surface area (Å²) in [6.45, 7) is 1.97. The molecule has 0 aliphatic rings. The summed E-state index contributed by atoms with van der Waals surface area (Å²) in [5.74, 6) is 1.16. The van der Waals surface area contributed by atoms with E-state index in [1.807, 2.05) is 24.6 Å². The molecule has 0 bridgehead atoms. The summed E-state index contributed by atoms with van der Waals surface area (Å²) in [6.07, 6.45) is 1.78. The topological polar surface area (TPSA) is 56.1 Å². The smallest absolute Gasteiger partial charge is 0.255 e. The third-order valence-electron chi connectivity index (χ3n) is 4.02. The number of hydrogen-bond donors (Lipinski definition) is 1. The van der Waals surface area contributed by atoms with Gasteiger partial charge < -0.3 is 14.6 Å². The zero-order valence-electron chi connectivity index (χ0n) is 14.2. The van der Waals surface area contributed by atoms with Gasteiger partial charge >= 0.3 is 0 Å². The van der Waals surface area contributed by atoms with Crippen molar-refractivity contribution in [2.45, 2.75) is 6.92 Å². The molecule has 3 rings (SSSR count). The van der Waals surface area contributed by atoms with E-state index in [9.17, 15) is 4.79 Å². The molecule has 25 heavy (non-hydrogen) atoms. The van der Waals surface area contributed by atoms with Gasteiger partial charge in [-0.05, 0) is 43.3 Å². The van der Waals surface area contributed by atoms with Gasteiger partial charge in [-0.3, -0.25) is 4.79 Å². The number of imidazole rings is 1. The van der Waals surface area contributed by atoms with E-state index in [0.717, 1.165) is 17.1 Å². The van der Waals surface area contributed by atoms with E-state index < -0.39 is 0 Å². The number of amides is 1. The van der Waals surface area contributed by atoms with E-state index in [1.165, 1.54) is 0 Å². The second kappa shape index (κ2) is 6.99. The van der Waals surface area contributed by atoms with Crippen molar-refractivity contribution in [1.82, 2.24) is 9.55 Å². The van der Waals surface area contributed by atoms with Crippen LogP contribution in [-0.2, 0) is 7.05 Å². The third-order valence-corrected chi connectivity index (χ3v) is 4.35. The predicted molar refractivity (Wildman–Crippen MR) is 99.3 cm³/mol. The normalized spacial score (nSPS) is 10.6. The van der Waals surface area contributed by atoms with Crippen LogP contribution in [0.3, 0.4) is 0 Å². The largest absolute Gasteiger partial charge is 0.497 e. The van der Waals surface area contributed by atoms with E-state index >= 15 is 0 Å². The van der Waals surface area contributed by atoms with Crippen LogP contribution >= 0.6 is 11.6 Å². The van der Waals surface area contributed by atoms with Crippen LogP contribution < -0.4 is 10.1 Å². The summed E-state index contributed by atoms with van der Waals surface area (Å²) in [4.78, 5) is 16.9. The first-order valence-corrected chi connectivity index (χ1v) is 8.11. The van der Waals surface area contributed by atoms with Crippen molar-refractivity contribution in [3.05, 3.63) is 64.9 Å². The summed E-state index contributed by atoms with van der Waals surface area (Å²) in [7, 11) is 3.49. The Morgan fingerprint density at radius 2 is 2.04 bits per heavy atom. The van der Waals surface area contributed by atoms with Crippen LogP contribution in [0.25, 0.3) is 11.4 Å². The second-order valence-electron chi connectivity index (χ2n) is 5.66. The minimum atomic E-state index is -0.219. The van der Waals surface area contributed by atoms with Crippen LogP contribution in [-0.4, -0.2) is 22.6 Å². The van der Waals surface area contributed by atoms with Crippen LogP contribution in [0.4, 0.5) is 5.69 Å². The molecule has 0 radical (unpaired) electrons. The van der Waals surface area contributed by atoms with Gasteiger partial charge in [0.1, 0.15) is 11.6 Å². The summed E-state index contributed by atoms with van der Waals surface area (Å²) in [5, 5.41) is 3.46. The standard InChI is InChI=1S/C19H18ClN3O2/c1-12-11-21-18(23(12)2)16-10-14(7-8-17(16)20)22-19(24)13-5-4-6-15(9-13)25-3/h4-11H,1-3H3,(H,22,24). The van der Waals surface area contributed by atoms with Crippen LogP contribution in [0.2, 0.25) is 5.02 Å².